The van der Waals surface area contributed by atoms with E-state index in [0.717, 1.165) is 36.8 Å². The van der Waals surface area contributed by atoms with Crippen LogP contribution in [-0.4, -0.2) is 51.8 Å². The molecule has 7 heteroatoms. The van der Waals surface area contributed by atoms with Crippen molar-refractivity contribution in [3.8, 4) is 5.88 Å². The highest BCUT2D eigenvalue weighted by molar-refractivity contribution is 6.12. The summed E-state index contributed by atoms with van der Waals surface area (Å²) in [7, 11) is 3.96. The van der Waals surface area contributed by atoms with Gasteiger partial charge in [-0.3, -0.25) is 9.48 Å². The third kappa shape index (κ3) is 3.93. The minimum absolute atomic E-state index is 0.170. The van der Waals surface area contributed by atoms with Crippen molar-refractivity contribution in [3.63, 3.8) is 0 Å². The summed E-state index contributed by atoms with van der Waals surface area (Å²) in [5, 5.41) is 8.12. The number of hydrogen-bond acceptors (Lipinski definition) is 5. The number of nitrogens with one attached hydrogen (secondary N) is 1. The number of rotatable bonds is 4. The van der Waals surface area contributed by atoms with Crippen LogP contribution in [0.25, 0.3) is 10.9 Å². The van der Waals surface area contributed by atoms with Gasteiger partial charge in [-0.15, -0.1) is 0 Å². The number of pyridine rings is 1. The van der Waals surface area contributed by atoms with Crippen molar-refractivity contribution < 1.29 is 9.53 Å². The lowest BCUT2D eigenvalue weighted by Gasteiger charge is -2.28. The van der Waals surface area contributed by atoms with Gasteiger partial charge >= 0.3 is 0 Å². The molecule has 0 unspecified atom stereocenters. The molecule has 0 bridgehead atoms. The molecular formula is C20H23N5O2. The van der Waals surface area contributed by atoms with Gasteiger partial charge in [-0.25, -0.2) is 4.98 Å². The number of fused-ring (bicyclic) bond motifs is 1. The van der Waals surface area contributed by atoms with Gasteiger partial charge < -0.3 is 15.0 Å². The smallest absolute Gasteiger partial charge is 0.256 e. The van der Waals surface area contributed by atoms with Gasteiger partial charge in [0.05, 0.1) is 11.1 Å². The van der Waals surface area contributed by atoms with E-state index in [0.29, 0.717) is 17.1 Å². The van der Waals surface area contributed by atoms with Crippen LogP contribution in [0, 0.1) is 0 Å². The predicted octanol–water partition coefficient (Wildman–Crippen LogP) is 2.69. The van der Waals surface area contributed by atoms with Crippen molar-refractivity contribution in [2.75, 3.05) is 25.5 Å². The molecule has 3 aromatic rings. The van der Waals surface area contributed by atoms with Crippen LogP contribution in [0.4, 0.5) is 5.69 Å². The molecule has 1 saturated heterocycles. The Labute approximate surface area is 157 Å². The number of piperidine rings is 1. The minimum atomic E-state index is -0.176. The van der Waals surface area contributed by atoms with E-state index in [1.807, 2.05) is 25.4 Å². The van der Waals surface area contributed by atoms with Crippen molar-refractivity contribution in [2.24, 2.45) is 7.05 Å². The first-order valence-corrected chi connectivity index (χ1v) is 9.13. The van der Waals surface area contributed by atoms with Crippen LogP contribution in [0.1, 0.15) is 23.2 Å². The van der Waals surface area contributed by atoms with Gasteiger partial charge in [0.25, 0.3) is 5.91 Å². The van der Waals surface area contributed by atoms with Crippen LogP contribution in [0.5, 0.6) is 5.88 Å². The lowest BCUT2D eigenvalue weighted by atomic mass is 10.1. The molecule has 1 fully saturated rings. The molecule has 3 heterocycles. The maximum atomic E-state index is 12.8. The number of aromatic nitrogens is 3. The Morgan fingerprint density at radius 1 is 1.22 bits per heavy atom. The second kappa shape index (κ2) is 7.36. The Kier molecular flexibility index (Phi) is 4.77. The fourth-order valence-electron chi connectivity index (χ4n) is 3.38. The lowest BCUT2D eigenvalue weighted by Crippen LogP contribution is -2.35. The first-order chi connectivity index (χ1) is 13.1. The monoisotopic (exact) mass is 365 g/mol. The van der Waals surface area contributed by atoms with Gasteiger partial charge in [0.1, 0.15) is 6.10 Å². The Bertz CT molecular complexity index is 960. The number of likely N-dealkylation sites (tertiary alicyclic amines) is 1. The Morgan fingerprint density at radius 2 is 2.04 bits per heavy atom. The van der Waals surface area contributed by atoms with E-state index in [4.69, 9.17) is 4.74 Å². The zero-order valence-corrected chi connectivity index (χ0v) is 15.6. The van der Waals surface area contributed by atoms with Gasteiger partial charge in [0, 0.05) is 49.7 Å². The van der Waals surface area contributed by atoms with Crippen molar-refractivity contribution in [2.45, 2.75) is 18.9 Å². The van der Waals surface area contributed by atoms with Crippen LogP contribution >= 0.6 is 0 Å². The fourth-order valence-corrected chi connectivity index (χ4v) is 3.38. The number of aryl methyl sites for hydroxylation is 1. The number of hydrogen-bond donors (Lipinski definition) is 1. The van der Waals surface area contributed by atoms with E-state index in [1.54, 1.807) is 29.1 Å². The number of ether oxygens (including phenoxy) is 1. The van der Waals surface area contributed by atoms with Crippen LogP contribution in [0.3, 0.4) is 0 Å². The van der Waals surface area contributed by atoms with Crippen molar-refractivity contribution >= 4 is 22.5 Å². The van der Waals surface area contributed by atoms with Gasteiger partial charge in [-0.05, 0) is 38.1 Å². The van der Waals surface area contributed by atoms with Gasteiger partial charge in [0.15, 0.2) is 0 Å². The highest BCUT2D eigenvalue weighted by Gasteiger charge is 2.19. The SMILES string of the molecule is CN1CCC(Oc2cc(NC(=O)c3cccc4nn(C)cc34)ccn2)CC1. The molecule has 1 amide bonds. The molecule has 7 nitrogen and oxygen atoms in total. The Hall–Kier alpha value is -2.93. The maximum absolute atomic E-state index is 12.8. The minimum Gasteiger partial charge on any atom is -0.474 e. The topological polar surface area (TPSA) is 72.3 Å². The largest absolute Gasteiger partial charge is 0.474 e. The summed E-state index contributed by atoms with van der Waals surface area (Å²) in [6.07, 6.45) is 5.65. The normalized spacial score (nSPS) is 15.8. The first-order valence-electron chi connectivity index (χ1n) is 9.13. The summed E-state index contributed by atoms with van der Waals surface area (Å²) in [6.45, 7) is 2.05. The number of benzene rings is 1. The zero-order valence-electron chi connectivity index (χ0n) is 15.6. The quantitative estimate of drug-likeness (QED) is 0.770. The van der Waals surface area contributed by atoms with E-state index in [2.05, 4.69) is 27.3 Å². The van der Waals surface area contributed by atoms with E-state index < -0.39 is 0 Å². The summed E-state index contributed by atoms with van der Waals surface area (Å²) in [4.78, 5) is 19.3. The van der Waals surface area contributed by atoms with Crippen LogP contribution < -0.4 is 10.1 Å². The summed E-state index contributed by atoms with van der Waals surface area (Å²) in [5.41, 5.74) is 2.06. The van der Waals surface area contributed by atoms with E-state index in [9.17, 15) is 4.79 Å². The highest BCUT2D eigenvalue weighted by Crippen LogP contribution is 2.22. The molecule has 0 saturated carbocycles. The van der Waals surface area contributed by atoms with E-state index in [1.165, 1.54) is 0 Å². The molecule has 0 radical (unpaired) electrons. The molecule has 140 valence electrons. The first kappa shape index (κ1) is 17.5. The molecule has 0 spiro atoms. The van der Waals surface area contributed by atoms with Crippen molar-refractivity contribution in [3.05, 3.63) is 48.3 Å². The number of carbonyl (C=O) groups excluding carboxylic acids is 1. The van der Waals surface area contributed by atoms with Gasteiger partial charge in [0.2, 0.25) is 5.88 Å². The highest BCUT2D eigenvalue weighted by atomic mass is 16.5. The van der Waals surface area contributed by atoms with Crippen molar-refractivity contribution in [1.82, 2.24) is 19.7 Å². The van der Waals surface area contributed by atoms with Crippen LogP contribution in [0.15, 0.2) is 42.7 Å². The summed E-state index contributed by atoms with van der Waals surface area (Å²) in [6, 6.07) is 9.08. The Balaban J connectivity index is 1.48. The third-order valence-electron chi connectivity index (χ3n) is 4.85. The summed E-state index contributed by atoms with van der Waals surface area (Å²) >= 11 is 0. The number of amides is 1. The lowest BCUT2D eigenvalue weighted by molar-refractivity contribution is 0.102. The summed E-state index contributed by atoms with van der Waals surface area (Å²) in [5.74, 6) is 0.368. The molecule has 1 N–H and O–H groups in total. The average molecular weight is 365 g/mol. The number of anilines is 1. The van der Waals surface area contributed by atoms with Crippen molar-refractivity contribution in [1.29, 1.82) is 0 Å². The standard InChI is InChI=1S/C20H23N5O2/c1-24-10-7-15(8-11-24)27-19-12-14(6-9-21-19)22-20(26)16-4-3-5-18-17(16)13-25(2)23-18/h3-6,9,12-13,15H,7-8,10-11H2,1-2H3,(H,21,22,26). The van der Waals surface area contributed by atoms with Gasteiger partial charge in [-0.2, -0.15) is 5.10 Å². The second-order valence-electron chi connectivity index (χ2n) is 7.00. The summed E-state index contributed by atoms with van der Waals surface area (Å²) < 4.78 is 7.71. The maximum Gasteiger partial charge on any atom is 0.256 e. The van der Waals surface area contributed by atoms with Crippen LogP contribution in [-0.2, 0) is 7.05 Å². The number of nitrogens with zero attached hydrogens (tertiary/aromatic N) is 4. The molecule has 4 rings (SSSR count). The second-order valence-corrected chi connectivity index (χ2v) is 7.00. The Morgan fingerprint density at radius 3 is 2.85 bits per heavy atom. The zero-order chi connectivity index (χ0) is 18.8. The molecule has 1 aliphatic heterocycles. The van der Waals surface area contributed by atoms with Gasteiger partial charge in [-0.1, -0.05) is 6.07 Å². The fraction of sp³-hybridized carbons (Fsp3) is 0.350. The average Bonchev–Trinajstić information content (AvgIpc) is 3.04. The third-order valence-corrected chi connectivity index (χ3v) is 4.85. The number of carbonyl (C=O) groups is 1. The molecule has 2 aromatic heterocycles. The molecule has 0 aliphatic carbocycles. The van der Waals surface area contributed by atoms with E-state index in [-0.39, 0.29) is 12.0 Å². The molecule has 27 heavy (non-hydrogen) atoms. The van der Waals surface area contributed by atoms with E-state index >= 15 is 0 Å². The molecular weight excluding hydrogens is 342 g/mol. The van der Waals surface area contributed by atoms with Crippen LogP contribution in [0.2, 0.25) is 0 Å². The molecule has 1 aromatic carbocycles. The predicted molar refractivity (Wildman–Crippen MR) is 104 cm³/mol. The molecule has 1 aliphatic rings. The molecule has 0 atom stereocenters.